The molecule has 1 heterocycles. The number of rotatable bonds is 7. The van der Waals surface area contributed by atoms with Crippen LogP contribution < -0.4 is 10.6 Å². The molecule has 1 aromatic heterocycles. The molecule has 0 fully saturated rings. The summed E-state index contributed by atoms with van der Waals surface area (Å²) in [6.45, 7) is 6.60. The summed E-state index contributed by atoms with van der Waals surface area (Å²) in [4.78, 5) is 4.36. The van der Waals surface area contributed by atoms with Crippen molar-refractivity contribution in [1.82, 2.24) is 10.3 Å². The molecule has 1 aromatic rings. The van der Waals surface area contributed by atoms with Gasteiger partial charge in [-0.05, 0) is 26.0 Å². The minimum atomic E-state index is 0.386. The molecule has 4 heteroatoms. The van der Waals surface area contributed by atoms with Gasteiger partial charge in [-0.3, -0.25) is 0 Å². The lowest BCUT2D eigenvalue weighted by Gasteiger charge is -2.13. The first-order valence-electron chi connectivity index (χ1n) is 5.62. The summed E-state index contributed by atoms with van der Waals surface area (Å²) in [6.07, 6.45) is 0. The van der Waals surface area contributed by atoms with Gasteiger partial charge >= 0.3 is 0 Å². The zero-order valence-electron chi connectivity index (χ0n) is 10.3. The molecule has 0 amide bonds. The van der Waals surface area contributed by atoms with Crippen molar-refractivity contribution in [3.05, 3.63) is 23.9 Å². The number of nitrogens with zero attached hydrogens (tertiary/aromatic N) is 1. The van der Waals surface area contributed by atoms with E-state index in [0.717, 1.165) is 31.2 Å². The van der Waals surface area contributed by atoms with Crippen LogP contribution in [-0.2, 0) is 4.74 Å². The Morgan fingerprint density at radius 2 is 2.19 bits per heavy atom. The molecule has 0 aliphatic rings. The molecule has 90 valence electrons. The van der Waals surface area contributed by atoms with Gasteiger partial charge in [0.1, 0.15) is 5.82 Å². The lowest BCUT2D eigenvalue weighted by Crippen LogP contribution is -2.33. The Hall–Kier alpha value is -1.13. The fourth-order valence-electron chi connectivity index (χ4n) is 1.46. The van der Waals surface area contributed by atoms with E-state index < -0.39 is 0 Å². The molecule has 1 atom stereocenters. The summed E-state index contributed by atoms with van der Waals surface area (Å²) >= 11 is 0. The highest BCUT2D eigenvalue weighted by Crippen LogP contribution is 2.02. The van der Waals surface area contributed by atoms with Gasteiger partial charge in [0.2, 0.25) is 0 Å². The maximum atomic E-state index is 5.04. The van der Waals surface area contributed by atoms with E-state index in [1.54, 1.807) is 7.11 Å². The van der Waals surface area contributed by atoms with E-state index in [2.05, 4.69) is 22.5 Å². The first-order valence-corrected chi connectivity index (χ1v) is 5.62. The summed E-state index contributed by atoms with van der Waals surface area (Å²) in [5.74, 6) is 0.932. The Kier molecular flexibility index (Phi) is 5.82. The van der Waals surface area contributed by atoms with Crippen molar-refractivity contribution in [3.63, 3.8) is 0 Å². The van der Waals surface area contributed by atoms with E-state index in [0.29, 0.717) is 6.04 Å². The number of aryl methyl sites for hydroxylation is 1. The molecule has 2 N–H and O–H groups in total. The first kappa shape index (κ1) is 12.9. The highest BCUT2D eigenvalue weighted by atomic mass is 16.5. The van der Waals surface area contributed by atoms with Gasteiger partial charge in [0.15, 0.2) is 0 Å². The Morgan fingerprint density at radius 3 is 2.88 bits per heavy atom. The van der Waals surface area contributed by atoms with Crippen LogP contribution in [-0.4, -0.2) is 37.8 Å². The summed E-state index contributed by atoms with van der Waals surface area (Å²) in [7, 11) is 1.72. The van der Waals surface area contributed by atoms with Gasteiger partial charge in [-0.2, -0.15) is 0 Å². The van der Waals surface area contributed by atoms with Crippen LogP contribution >= 0.6 is 0 Å². The highest BCUT2D eigenvalue weighted by Gasteiger charge is 1.99. The van der Waals surface area contributed by atoms with Crippen molar-refractivity contribution in [2.24, 2.45) is 0 Å². The number of aromatic nitrogens is 1. The maximum Gasteiger partial charge on any atom is 0.126 e. The van der Waals surface area contributed by atoms with Crippen molar-refractivity contribution < 1.29 is 4.74 Å². The van der Waals surface area contributed by atoms with Crippen LogP contribution in [0.4, 0.5) is 5.82 Å². The molecule has 16 heavy (non-hydrogen) atoms. The Morgan fingerprint density at radius 1 is 1.38 bits per heavy atom. The van der Waals surface area contributed by atoms with E-state index in [1.165, 1.54) is 0 Å². The van der Waals surface area contributed by atoms with Gasteiger partial charge in [-0.25, -0.2) is 4.98 Å². The molecule has 0 aromatic carbocycles. The summed E-state index contributed by atoms with van der Waals surface area (Å²) in [5, 5.41) is 6.62. The summed E-state index contributed by atoms with van der Waals surface area (Å²) in [5.41, 5.74) is 1.03. The number of nitrogens with one attached hydrogen (secondary N) is 2. The van der Waals surface area contributed by atoms with Crippen molar-refractivity contribution in [3.8, 4) is 0 Å². The fraction of sp³-hybridized carbons (Fsp3) is 0.583. The first-order chi connectivity index (χ1) is 7.72. The van der Waals surface area contributed by atoms with Crippen LogP contribution in [0.25, 0.3) is 0 Å². The third kappa shape index (κ3) is 5.09. The second-order valence-electron chi connectivity index (χ2n) is 3.90. The minimum absolute atomic E-state index is 0.386. The van der Waals surface area contributed by atoms with Crippen molar-refractivity contribution >= 4 is 5.82 Å². The molecule has 0 saturated carbocycles. The van der Waals surface area contributed by atoms with Gasteiger partial charge in [0, 0.05) is 31.9 Å². The number of hydrogen-bond donors (Lipinski definition) is 2. The standard InChI is InChI=1S/C12H21N3O/c1-10-5-4-6-12(15-10)14-8-7-13-11(2)9-16-3/h4-6,11,13H,7-9H2,1-3H3,(H,14,15). The number of methoxy groups -OCH3 is 1. The van der Waals surface area contributed by atoms with Gasteiger partial charge in [-0.1, -0.05) is 6.07 Å². The van der Waals surface area contributed by atoms with E-state index in [-0.39, 0.29) is 0 Å². The third-order valence-electron chi connectivity index (χ3n) is 2.23. The van der Waals surface area contributed by atoms with Crippen LogP contribution in [0.15, 0.2) is 18.2 Å². The maximum absolute atomic E-state index is 5.04. The smallest absolute Gasteiger partial charge is 0.126 e. The van der Waals surface area contributed by atoms with Crippen LogP contribution in [0.5, 0.6) is 0 Å². The molecule has 0 saturated heterocycles. The Balaban J connectivity index is 2.16. The fourth-order valence-corrected chi connectivity index (χ4v) is 1.46. The number of pyridine rings is 1. The average molecular weight is 223 g/mol. The Labute approximate surface area is 97.4 Å². The van der Waals surface area contributed by atoms with Crippen molar-refractivity contribution in [2.75, 3.05) is 32.1 Å². The number of anilines is 1. The van der Waals surface area contributed by atoms with Crippen LogP contribution in [0.2, 0.25) is 0 Å². The van der Waals surface area contributed by atoms with Crippen LogP contribution in [0, 0.1) is 6.92 Å². The zero-order chi connectivity index (χ0) is 11.8. The molecule has 0 aliphatic heterocycles. The highest BCUT2D eigenvalue weighted by molar-refractivity contribution is 5.34. The van der Waals surface area contributed by atoms with Gasteiger partial charge in [0.25, 0.3) is 0 Å². The largest absolute Gasteiger partial charge is 0.383 e. The number of hydrogen-bond acceptors (Lipinski definition) is 4. The minimum Gasteiger partial charge on any atom is -0.383 e. The topological polar surface area (TPSA) is 46.2 Å². The molecule has 1 unspecified atom stereocenters. The second kappa shape index (κ2) is 7.19. The molecule has 0 spiro atoms. The average Bonchev–Trinajstić information content (AvgIpc) is 2.25. The lowest BCUT2D eigenvalue weighted by atomic mass is 10.3. The predicted octanol–water partition coefficient (Wildman–Crippen LogP) is 1.43. The number of ether oxygens (including phenoxy) is 1. The molecule has 0 aliphatic carbocycles. The van der Waals surface area contributed by atoms with Crippen LogP contribution in [0.1, 0.15) is 12.6 Å². The third-order valence-corrected chi connectivity index (χ3v) is 2.23. The molecular formula is C12H21N3O. The van der Waals surface area contributed by atoms with Crippen LogP contribution in [0.3, 0.4) is 0 Å². The quantitative estimate of drug-likeness (QED) is 0.686. The van der Waals surface area contributed by atoms with E-state index >= 15 is 0 Å². The normalized spacial score (nSPS) is 12.4. The predicted molar refractivity (Wildman–Crippen MR) is 66.8 cm³/mol. The van der Waals surface area contributed by atoms with Crippen molar-refractivity contribution in [2.45, 2.75) is 19.9 Å². The summed E-state index contributed by atoms with van der Waals surface area (Å²) in [6, 6.07) is 6.36. The van der Waals surface area contributed by atoms with Gasteiger partial charge < -0.3 is 15.4 Å². The van der Waals surface area contributed by atoms with E-state index in [9.17, 15) is 0 Å². The molecule has 0 radical (unpaired) electrons. The van der Waals surface area contributed by atoms with Crippen molar-refractivity contribution in [1.29, 1.82) is 0 Å². The van der Waals surface area contributed by atoms with Gasteiger partial charge in [0.05, 0.1) is 6.61 Å². The van der Waals surface area contributed by atoms with E-state index in [4.69, 9.17) is 4.74 Å². The molecule has 0 bridgehead atoms. The zero-order valence-corrected chi connectivity index (χ0v) is 10.3. The van der Waals surface area contributed by atoms with Gasteiger partial charge in [-0.15, -0.1) is 0 Å². The monoisotopic (exact) mass is 223 g/mol. The molecular weight excluding hydrogens is 202 g/mol. The molecule has 1 rings (SSSR count). The lowest BCUT2D eigenvalue weighted by molar-refractivity contribution is 0.173. The second-order valence-corrected chi connectivity index (χ2v) is 3.90. The summed E-state index contributed by atoms with van der Waals surface area (Å²) < 4.78 is 5.04. The van der Waals surface area contributed by atoms with E-state index in [1.807, 2.05) is 25.1 Å². The SMILES string of the molecule is COCC(C)NCCNc1cccc(C)n1. The molecule has 4 nitrogen and oxygen atoms in total. The Bertz CT molecular complexity index is 304.